The molecule has 0 radical (unpaired) electrons. The highest BCUT2D eigenvalue weighted by molar-refractivity contribution is 8.03. The Kier molecular flexibility index (Phi) is 10.2. The number of ether oxygens (including phenoxy) is 3. The van der Waals surface area contributed by atoms with E-state index in [0.717, 1.165) is 11.1 Å². The number of allylic oxidation sites excluding steroid dienone is 2. The maximum atomic E-state index is 13.3. The molecule has 1 aliphatic rings. The Balaban J connectivity index is 1.68. The van der Waals surface area contributed by atoms with E-state index in [1.54, 1.807) is 31.2 Å². The number of hydrogen-bond donors (Lipinski definition) is 1. The van der Waals surface area contributed by atoms with Gasteiger partial charge in [0.05, 0.1) is 41.0 Å². The number of esters is 1. The van der Waals surface area contributed by atoms with Crippen LogP contribution in [0, 0.1) is 18.3 Å². The number of aryl methyl sites for hydroxylation is 1. The highest BCUT2D eigenvalue weighted by Crippen LogP contribution is 2.43. The summed E-state index contributed by atoms with van der Waals surface area (Å²) in [6.07, 6.45) is 1.49. The van der Waals surface area contributed by atoms with Crippen LogP contribution in [0.5, 0.6) is 11.5 Å². The van der Waals surface area contributed by atoms with E-state index in [2.05, 4.69) is 18.0 Å². The molecule has 42 heavy (non-hydrogen) atoms. The molecule has 7 nitrogen and oxygen atoms in total. The van der Waals surface area contributed by atoms with Gasteiger partial charge in [-0.1, -0.05) is 90.6 Å². The summed E-state index contributed by atoms with van der Waals surface area (Å²) in [5.41, 5.74) is 4.43. The number of nitrogens with zero attached hydrogens (tertiary/aromatic N) is 1. The Bertz CT molecular complexity index is 1570. The zero-order chi connectivity index (χ0) is 30.1. The van der Waals surface area contributed by atoms with Crippen molar-refractivity contribution in [2.75, 3.05) is 19.5 Å². The lowest BCUT2D eigenvalue weighted by atomic mass is 9.82. The molecule has 1 atom stereocenters. The Hall–Kier alpha value is -4.74. The van der Waals surface area contributed by atoms with Crippen molar-refractivity contribution in [3.8, 4) is 17.6 Å². The van der Waals surface area contributed by atoms with E-state index in [9.17, 15) is 14.9 Å². The van der Waals surface area contributed by atoms with Gasteiger partial charge in [0.15, 0.2) is 17.3 Å². The van der Waals surface area contributed by atoms with Crippen molar-refractivity contribution < 1.29 is 23.8 Å². The third-order valence-electron chi connectivity index (χ3n) is 6.68. The summed E-state index contributed by atoms with van der Waals surface area (Å²) in [7, 11) is 1.54. The lowest BCUT2D eigenvalue weighted by Gasteiger charge is -2.29. The van der Waals surface area contributed by atoms with Crippen molar-refractivity contribution in [1.29, 1.82) is 5.26 Å². The summed E-state index contributed by atoms with van der Waals surface area (Å²) in [6, 6.07) is 24.8. The molecule has 1 aliphatic heterocycles. The average Bonchev–Trinajstić information content (AvgIpc) is 3.01. The van der Waals surface area contributed by atoms with Crippen LogP contribution in [0.25, 0.3) is 0 Å². The lowest BCUT2D eigenvalue weighted by molar-refractivity contribution is -0.138. The molecule has 4 rings (SSSR count). The van der Waals surface area contributed by atoms with Gasteiger partial charge in [0.1, 0.15) is 13.2 Å². The van der Waals surface area contributed by atoms with Crippen molar-refractivity contribution in [3.63, 3.8) is 0 Å². The summed E-state index contributed by atoms with van der Waals surface area (Å²) >= 11 is 1.23. The van der Waals surface area contributed by atoms with Crippen LogP contribution in [0.2, 0.25) is 0 Å². The zero-order valence-electron chi connectivity index (χ0n) is 23.8. The van der Waals surface area contributed by atoms with Gasteiger partial charge in [-0.3, -0.25) is 4.79 Å². The predicted octanol–water partition coefficient (Wildman–Crippen LogP) is 6.62. The number of dihydropyridines is 1. The van der Waals surface area contributed by atoms with E-state index in [4.69, 9.17) is 14.2 Å². The van der Waals surface area contributed by atoms with Gasteiger partial charge in [-0.05, 0) is 37.1 Å². The van der Waals surface area contributed by atoms with Gasteiger partial charge in [-0.25, -0.2) is 4.79 Å². The van der Waals surface area contributed by atoms with Gasteiger partial charge < -0.3 is 19.5 Å². The number of ketones is 1. The topological polar surface area (TPSA) is 97.7 Å². The van der Waals surface area contributed by atoms with Crippen LogP contribution in [0.4, 0.5) is 0 Å². The first-order valence-electron chi connectivity index (χ1n) is 13.3. The van der Waals surface area contributed by atoms with Crippen LogP contribution in [0.15, 0.2) is 107 Å². The minimum Gasteiger partial charge on any atom is -0.493 e. The van der Waals surface area contributed by atoms with Crippen molar-refractivity contribution in [1.82, 2.24) is 5.32 Å². The van der Waals surface area contributed by atoms with Crippen LogP contribution >= 0.6 is 11.8 Å². The number of rotatable bonds is 12. The zero-order valence-corrected chi connectivity index (χ0v) is 24.6. The van der Waals surface area contributed by atoms with Crippen LogP contribution in [-0.2, 0) is 16.1 Å². The van der Waals surface area contributed by atoms with E-state index in [1.165, 1.54) is 24.9 Å². The van der Waals surface area contributed by atoms with Gasteiger partial charge in [-0.2, -0.15) is 5.26 Å². The van der Waals surface area contributed by atoms with E-state index in [-0.39, 0.29) is 18.1 Å². The predicted molar refractivity (Wildman–Crippen MR) is 164 cm³/mol. The highest BCUT2D eigenvalue weighted by Gasteiger charge is 2.36. The fourth-order valence-electron chi connectivity index (χ4n) is 4.52. The quantitative estimate of drug-likeness (QED) is 0.145. The van der Waals surface area contributed by atoms with E-state index in [0.29, 0.717) is 51.1 Å². The van der Waals surface area contributed by atoms with Crippen LogP contribution in [0.1, 0.15) is 39.9 Å². The standard InChI is InChI=1S/C34H32N2O5S/c1-5-17-40-34(38)31-23(3)36-33(42-21-28(37)25-13-11-22(2)12-14-25)27(19-35)32(31)26-15-16-29(30(18-26)39-4)41-20-24-9-7-6-8-10-24/h5-16,18,32,36H,1,17,20-21H2,2-4H3/t32-/m0/s1. The van der Waals surface area contributed by atoms with Crippen molar-refractivity contribution >= 4 is 23.5 Å². The second kappa shape index (κ2) is 14.2. The molecule has 0 fully saturated rings. The van der Waals surface area contributed by atoms with Crippen LogP contribution in [0.3, 0.4) is 0 Å². The first-order chi connectivity index (χ1) is 20.4. The molecule has 0 amide bonds. The SMILES string of the molecule is C=CCOC(=O)C1=C(C)NC(SCC(=O)c2ccc(C)cc2)=C(C#N)[C@@H]1c1ccc(OCc2ccccc2)c(OC)c1. The first kappa shape index (κ1) is 30.2. The number of carbonyl (C=O) groups excluding carboxylic acids is 2. The third-order valence-corrected chi connectivity index (χ3v) is 7.70. The summed E-state index contributed by atoms with van der Waals surface area (Å²) < 4.78 is 17.1. The Labute approximate surface area is 250 Å². The molecular formula is C34H32N2O5S. The third kappa shape index (κ3) is 7.12. The summed E-state index contributed by atoms with van der Waals surface area (Å²) in [4.78, 5) is 26.2. The van der Waals surface area contributed by atoms with Gasteiger partial charge in [0.2, 0.25) is 0 Å². The number of nitrogens with one attached hydrogen (secondary N) is 1. The molecular weight excluding hydrogens is 548 g/mol. The molecule has 0 saturated heterocycles. The van der Waals surface area contributed by atoms with Gasteiger partial charge in [-0.15, -0.1) is 0 Å². The smallest absolute Gasteiger partial charge is 0.337 e. The highest BCUT2D eigenvalue weighted by atomic mass is 32.2. The molecule has 3 aromatic carbocycles. The van der Waals surface area contributed by atoms with Crippen LogP contribution in [-0.4, -0.2) is 31.2 Å². The van der Waals surface area contributed by atoms with Gasteiger partial charge in [0, 0.05) is 11.3 Å². The monoisotopic (exact) mass is 580 g/mol. The Morgan fingerprint density at radius 2 is 1.79 bits per heavy atom. The summed E-state index contributed by atoms with van der Waals surface area (Å²) in [5, 5.41) is 14.1. The molecule has 0 saturated carbocycles. The van der Waals surface area contributed by atoms with Crippen molar-refractivity contribution in [2.45, 2.75) is 26.4 Å². The van der Waals surface area contributed by atoms with E-state index in [1.807, 2.05) is 55.5 Å². The number of nitriles is 1. The molecule has 0 aliphatic carbocycles. The molecule has 3 aromatic rings. The van der Waals surface area contributed by atoms with Crippen LogP contribution < -0.4 is 14.8 Å². The fraction of sp³-hybridized carbons (Fsp3) is 0.206. The molecule has 8 heteroatoms. The first-order valence-corrected chi connectivity index (χ1v) is 14.3. The minimum atomic E-state index is -0.761. The maximum absolute atomic E-state index is 13.3. The number of hydrogen-bond acceptors (Lipinski definition) is 8. The summed E-state index contributed by atoms with van der Waals surface area (Å²) in [5.74, 6) is -0.302. The number of thioether (sulfide) groups is 1. The number of Topliss-reactive ketones (excluding diaryl/α,β-unsaturated/α-hetero) is 1. The van der Waals surface area contributed by atoms with Crippen molar-refractivity contribution in [3.05, 3.63) is 130 Å². The average molecular weight is 581 g/mol. The second-order valence-electron chi connectivity index (χ2n) is 9.60. The Morgan fingerprint density at radius 1 is 1.05 bits per heavy atom. The molecule has 1 N–H and O–H groups in total. The molecule has 0 aromatic heterocycles. The van der Waals surface area contributed by atoms with Gasteiger partial charge in [0.25, 0.3) is 0 Å². The molecule has 0 bridgehead atoms. The summed E-state index contributed by atoms with van der Waals surface area (Å²) in [6.45, 7) is 7.71. The number of methoxy groups -OCH3 is 1. The fourth-order valence-corrected chi connectivity index (χ4v) is 5.51. The largest absolute Gasteiger partial charge is 0.493 e. The van der Waals surface area contributed by atoms with E-state index >= 15 is 0 Å². The number of carbonyl (C=O) groups is 2. The molecule has 1 heterocycles. The molecule has 0 unspecified atom stereocenters. The lowest BCUT2D eigenvalue weighted by Crippen LogP contribution is -2.29. The normalized spacial score (nSPS) is 14.5. The van der Waals surface area contributed by atoms with Gasteiger partial charge >= 0.3 is 5.97 Å². The van der Waals surface area contributed by atoms with E-state index < -0.39 is 11.9 Å². The van der Waals surface area contributed by atoms with Crippen molar-refractivity contribution in [2.24, 2.45) is 0 Å². The Morgan fingerprint density at radius 3 is 2.45 bits per heavy atom. The molecule has 0 spiro atoms. The maximum Gasteiger partial charge on any atom is 0.337 e. The number of benzene rings is 3. The second-order valence-corrected chi connectivity index (χ2v) is 10.6. The minimum absolute atomic E-state index is 0.0240. The molecule has 214 valence electrons.